The van der Waals surface area contributed by atoms with Gasteiger partial charge in [0, 0.05) is 17.8 Å². The highest BCUT2D eigenvalue weighted by atomic mass is 35.5. The van der Waals surface area contributed by atoms with Crippen LogP contribution in [0.25, 0.3) is 10.9 Å². The minimum Gasteiger partial charge on any atom is -0.465 e. The first-order chi connectivity index (χ1) is 13.6. The van der Waals surface area contributed by atoms with E-state index in [4.69, 9.17) is 16.3 Å². The molecule has 0 saturated heterocycles. The standard InChI is InChI=1S/C21H19ClN2O3S/c1-27-20(26)16-8-9-17-18(14-16)23-21(28-13-5-11-22)24(19(17)25)12-10-15-6-3-2-4-7-15/h2-9,11,14H,10,12-13H2,1H3/b11-5+. The van der Waals surface area contributed by atoms with Crippen molar-refractivity contribution >= 4 is 40.2 Å². The molecule has 0 spiro atoms. The molecule has 0 aliphatic rings. The number of methoxy groups -OCH3 is 1. The van der Waals surface area contributed by atoms with Crippen molar-refractivity contribution < 1.29 is 9.53 Å². The van der Waals surface area contributed by atoms with Crippen molar-refractivity contribution in [2.24, 2.45) is 0 Å². The van der Waals surface area contributed by atoms with E-state index >= 15 is 0 Å². The van der Waals surface area contributed by atoms with Crippen LogP contribution in [0.1, 0.15) is 15.9 Å². The summed E-state index contributed by atoms with van der Waals surface area (Å²) in [5, 5.41) is 1.06. The van der Waals surface area contributed by atoms with E-state index in [9.17, 15) is 9.59 Å². The van der Waals surface area contributed by atoms with Gasteiger partial charge in [-0.25, -0.2) is 9.78 Å². The Bertz CT molecular complexity index is 1060. The van der Waals surface area contributed by atoms with E-state index in [0.29, 0.717) is 40.3 Å². The van der Waals surface area contributed by atoms with Crippen molar-refractivity contribution in [1.82, 2.24) is 9.55 Å². The van der Waals surface area contributed by atoms with Crippen molar-refractivity contribution in [1.29, 1.82) is 0 Å². The first kappa shape index (κ1) is 20.2. The molecule has 0 bridgehead atoms. The number of hydrogen-bond donors (Lipinski definition) is 0. The smallest absolute Gasteiger partial charge is 0.337 e. The molecule has 3 rings (SSSR count). The molecule has 0 aliphatic carbocycles. The highest BCUT2D eigenvalue weighted by Crippen LogP contribution is 2.20. The SMILES string of the molecule is COC(=O)c1ccc2c(=O)n(CCc3ccccc3)c(SC/C=C/Cl)nc2c1. The topological polar surface area (TPSA) is 61.2 Å². The number of thioether (sulfide) groups is 1. The fourth-order valence-corrected chi connectivity index (χ4v) is 3.83. The normalized spacial score (nSPS) is 11.2. The number of rotatable bonds is 7. The molecule has 28 heavy (non-hydrogen) atoms. The van der Waals surface area contributed by atoms with Gasteiger partial charge in [0.05, 0.1) is 23.6 Å². The van der Waals surface area contributed by atoms with Crippen LogP contribution in [0.4, 0.5) is 0 Å². The molecule has 0 fully saturated rings. The predicted molar refractivity (Wildman–Crippen MR) is 113 cm³/mol. The number of nitrogens with zero attached hydrogens (tertiary/aromatic N) is 2. The van der Waals surface area contributed by atoms with Gasteiger partial charge in [-0.1, -0.05) is 59.8 Å². The van der Waals surface area contributed by atoms with Crippen molar-refractivity contribution in [2.45, 2.75) is 18.1 Å². The highest BCUT2D eigenvalue weighted by Gasteiger charge is 2.14. The minimum absolute atomic E-state index is 0.130. The maximum absolute atomic E-state index is 13.1. The number of esters is 1. The van der Waals surface area contributed by atoms with Crippen LogP contribution in [0.5, 0.6) is 0 Å². The van der Waals surface area contributed by atoms with E-state index in [-0.39, 0.29) is 5.56 Å². The third kappa shape index (κ3) is 4.64. The molecule has 2 aromatic carbocycles. The average molecular weight is 415 g/mol. The second-order valence-corrected chi connectivity index (χ2v) is 7.22. The van der Waals surface area contributed by atoms with Crippen LogP contribution in [0.3, 0.4) is 0 Å². The molecule has 0 atom stereocenters. The van der Waals surface area contributed by atoms with Crippen molar-refractivity contribution in [3.63, 3.8) is 0 Å². The Morgan fingerprint density at radius 2 is 2.04 bits per heavy atom. The fraction of sp³-hybridized carbons (Fsp3) is 0.190. The summed E-state index contributed by atoms with van der Waals surface area (Å²) in [7, 11) is 1.32. The molecule has 0 radical (unpaired) electrons. The Hall–Kier alpha value is -2.57. The summed E-state index contributed by atoms with van der Waals surface area (Å²) in [4.78, 5) is 29.5. The Morgan fingerprint density at radius 3 is 2.75 bits per heavy atom. The van der Waals surface area contributed by atoms with Gasteiger partial charge in [0.15, 0.2) is 5.16 Å². The summed E-state index contributed by atoms with van der Waals surface area (Å²) in [6.45, 7) is 0.511. The van der Waals surface area contributed by atoms with Crippen LogP contribution >= 0.6 is 23.4 Å². The largest absolute Gasteiger partial charge is 0.465 e. The van der Waals surface area contributed by atoms with Crippen molar-refractivity contribution in [2.75, 3.05) is 12.9 Å². The van der Waals surface area contributed by atoms with E-state index in [1.54, 1.807) is 28.8 Å². The first-order valence-corrected chi connectivity index (χ1v) is 10.1. The summed E-state index contributed by atoms with van der Waals surface area (Å²) in [5.41, 5.74) is 3.29. The maximum atomic E-state index is 13.1. The number of aromatic nitrogens is 2. The average Bonchev–Trinajstić information content (AvgIpc) is 2.73. The lowest BCUT2D eigenvalue weighted by atomic mass is 10.1. The van der Waals surface area contributed by atoms with Gasteiger partial charge in [-0.15, -0.1) is 0 Å². The van der Waals surface area contributed by atoms with Crippen LogP contribution in [0, 0.1) is 0 Å². The monoisotopic (exact) mass is 414 g/mol. The molecule has 3 aromatic rings. The van der Waals surface area contributed by atoms with E-state index in [1.165, 1.54) is 24.4 Å². The Kier molecular flexibility index (Phi) is 6.90. The number of ether oxygens (including phenoxy) is 1. The predicted octanol–water partition coefficient (Wildman–Crippen LogP) is 4.27. The summed E-state index contributed by atoms with van der Waals surface area (Å²) in [6.07, 6.45) is 2.50. The molecule has 0 unspecified atom stereocenters. The lowest BCUT2D eigenvalue weighted by Gasteiger charge is -2.13. The first-order valence-electron chi connectivity index (χ1n) is 8.69. The van der Waals surface area contributed by atoms with Gasteiger partial charge < -0.3 is 4.74 Å². The molecule has 1 heterocycles. The third-order valence-corrected chi connectivity index (χ3v) is 5.31. The van der Waals surface area contributed by atoms with Crippen LogP contribution in [-0.4, -0.2) is 28.4 Å². The van der Waals surface area contributed by atoms with Crippen molar-refractivity contribution in [3.05, 3.63) is 81.6 Å². The van der Waals surface area contributed by atoms with Crippen LogP contribution in [0.15, 0.2) is 70.1 Å². The molecule has 144 valence electrons. The number of halogens is 1. The van der Waals surface area contributed by atoms with Crippen LogP contribution in [-0.2, 0) is 17.7 Å². The van der Waals surface area contributed by atoms with Gasteiger partial charge in [-0.3, -0.25) is 9.36 Å². The molecule has 1 aromatic heterocycles. The number of hydrogen-bond acceptors (Lipinski definition) is 5. The molecule has 5 nitrogen and oxygen atoms in total. The van der Waals surface area contributed by atoms with E-state index in [2.05, 4.69) is 4.98 Å². The lowest BCUT2D eigenvalue weighted by molar-refractivity contribution is 0.0601. The van der Waals surface area contributed by atoms with Gasteiger partial charge in [-0.2, -0.15) is 0 Å². The van der Waals surface area contributed by atoms with E-state index in [1.807, 2.05) is 30.3 Å². The van der Waals surface area contributed by atoms with Gasteiger partial charge in [-0.05, 0) is 30.2 Å². The molecule has 0 saturated carbocycles. The van der Waals surface area contributed by atoms with Gasteiger partial charge >= 0.3 is 5.97 Å². The van der Waals surface area contributed by atoms with Crippen molar-refractivity contribution in [3.8, 4) is 0 Å². The van der Waals surface area contributed by atoms with E-state index in [0.717, 1.165) is 5.56 Å². The summed E-state index contributed by atoms with van der Waals surface area (Å²) in [6, 6.07) is 14.8. The Labute approximate surface area is 172 Å². The van der Waals surface area contributed by atoms with Crippen LogP contribution in [0.2, 0.25) is 0 Å². The van der Waals surface area contributed by atoms with Crippen LogP contribution < -0.4 is 5.56 Å². The fourth-order valence-electron chi connectivity index (χ4n) is 2.80. The summed E-state index contributed by atoms with van der Waals surface area (Å²) >= 11 is 7.03. The molecule has 7 heteroatoms. The summed E-state index contributed by atoms with van der Waals surface area (Å²) < 4.78 is 6.44. The Morgan fingerprint density at radius 1 is 1.25 bits per heavy atom. The second-order valence-electron chi connectivity index (χ2n) is 5.98. The number of carbonyl (C=O) groups is 1. The quantitative estimate of drug-likeness (QED) is 0.328. The number of fused-ring (bicyclic) bond motifs is 1. The summed E-state index contributed by atoms with van der Waals surface area (Å²) in [5.74, 6) is 0.125. The maximum Gasteiger partial charge on any atom is 0.337 e. The van der Waals surface area contributed by atoms with Gasteiger partial charge in [0.2, 0.25) is 0 Å². The van der Waals surface area contributed by atoms with Gasteiger partial charge in [0.25, 0.3) is 5.56 Å². The lowest BCUT2D eigenvalue weighted by Crippen LogP contribution is -2.24. The zero-order valence-electron chi connectivity index (χ0n) is 15.3. The van der Waals surface area contributed by atoms with E-state index < -0.39 is 5.97 Å². The molecule has 0 aliphatic heterocycles. The molecule has 0 N–H and O–H groups in total. The molecular weight excluding hydrogens is 396 g/mol. The second kappa shape index (κ2) is 9.57. The van der Waals surface area contributed by atoms with Gasteiger partial charge in [0.1, 0.15) is 0 Å². The zero-order chi connectivity index (χ0) is 19.9. The Balaban J connectivity index is 2.03. The highest BCUT2D eigenvalue weighted by molar-refractivity contribution is 7.99. The third-order valence-electron chi connectivity index (χ3n) is 4.21. The zero-order valence-corrected chi connectivity index (χ0v) is 16.9. The minimum atomic E-state index is -0.462. The molecule has 0 amide bonds. The number of carbonyl (C=O) groups excluding carboxylic acids is 1. The number of aryl methyl sites for hydroxylation is 1. The molecular formula is C21H19ClN2O3S. The number of benzene rings is 2.